The quantitative estimate of drug-likeness (QED) is 0.0662. The van der Waals surface area contributed by atoms with Crippen molar-refractivity contribution in [2.75, 3.05) is 30.5 Å². The molecule has 2 aliphatic rings. The highest BCUT2D eigenvalue weighted by atomic mass is 31.2. The van der Waals surface area contributed by atoms with Crippen molar-refractivity contribution in [3.05, 3.63) is 65.2 Å². The maximum absolute atomic E-state index is 16.1. The van der Waals surface area contributed by atoms with Gasteiger partial charge in [0.05, 0.1) is 51.1 Å². The van der Waals surface area contributed by atoms with Crippen molar-refractivity contribution in [1.82, 2.24) is 39.0 Å². The van der Waals surface area contributed by atoms with Crippen LogP contribution in [0.2, 0.25) is 0 Å². The number of hydrogen-bond donors (Lipinski definition) is 5. The molecule has 0 saturated carbocycles. The number of aliphatic hydroxyl groups is 1. The zero-order valence-electron chi connectivity index (χ0n) is 32.0. The number of alkyl halides is 1. The minimum atomic E-state index is -4.93. The zero-order valence-corrected chi connectivity index (χ0v) is 33.8. The van der Waals surface area contributed by atoms with Crippen molar-refractivity contribution >= 4 is 62.0 Å². The third-order valence-corrected chi connectivity index (χ3v) is 11.2. The van der Waals surface area contributed by atoms with E-state index in [1.54, 1.807) is 44.2 Å². The van der Waals surface area contributed by atoms with Crippen LogP contribution in [-0.2, 0) is 41.5 Å². The number of aromatic amines is 1. The number of imidazole rings is 2. The fourth-order valence-corrected chi connectivity index (χ4v) is 8.21. The first-order valence-corrected chi connectivity index (χ1v) is 21.0. The first-order chi connectivity index (χ1) is 29.3. The van der Waals surface area contributed by atoms with Gasteiger partial charge in [0.2, 0.25) is 11.9 Å². The third kappa shape index (κ3) is 9.53. The molecule has 0 radical (unpaired) electrons. The molecule has 1 aromatic carbocycles. The maximum atomic E-state index is 16.1. The number of nitrogens with zero attached hydrogens (tertiary/aromatic N) is 8. The van der Waals surface area contributed by atoms with Crippen LogP contribution in [0.1, 0.15) is 49.5 Å². The molecular formula is C34H37FN11O13P2+. The Morgan fingerprint density at radius 1 is 1.08 bits per heavy atom. The van der Waals surface area contributed by atoms with Gasteiger partial charge in [-0.1, -0.05) is 32.0 Å². The first kappa shape index (κ1) is 43.6. The average molecular weight is 889 g/mol. The van der Waals surface area contributed by atoms with Crippen molar-refractivity contribution in [2.45, 2.75) is 69.7 Å². The lowest BCUT2D eigenvalue weighted by atomic mass is 10.1. The highest BCUT2D eigenvalue weighted by Crippen LogP contribution is 2.55. The molecule has 5 aromatic rings. The van der Waals surface area contributed by atoms with Gasteiger partial charge in [-0.2, -0.15) is 10.2 Å². The van der Waals surface area contributed by atoms with E-state index in [1.165, 1.54) is 10.9 Å². The van der Waals surface area contributed by atoms with Crippen LogP contribution in [0.5, 0.6) is 0 Å². The summed E-state index contributed by atoms with van der Waals surface area (Å²) in [5, 5.41) is 24.3. The topological polar surface area (TPSA) is 319 Å². The van der Waals surface area contributed by atoms with E-state index < -0.39 is 102 Å². The number of fused-ring (bicyclic) bond motifs is 2. The van der Waals surface area contributed by atoms with E-state index in [1.807, 2.05) is 6.07 Å². The Balaban J connectivity index is 1.13. The summed E-state index contributed by atoms with van der Waals surface area (Å²) in [5.74, 6) is -1.63. The number of nitriles is 1. The van der Waals surface area contributed by atoms with Crippen LogP contribution >= 0.6 is 16.1 Å². The van der Waals surface area contributed by atoms with Crippen LogP contribution < -0.4 is 16.2 Å². The van der Waals surface area contributed by atoms with E-state index in [0.717, 1.165) is 17.2 Å². The smallest absolute Gasteiger partial charge is 0.394 e. The van der Waals surface area contributed by atoms with Gasteiger partial charge in [-0.25, -0.2) is 28.9 Å². The number of halogens is 1. The molecule has 2 unspecified atom stereocenters. The maximum Gasteiger partial charge on any atom is 0.695 e. The van der Waals surface area contributed by atoms with Gasteiger partial charge in [-0.05, 0) is 12.1 Å². The van der Waals surface area contributed by atoms with Gasteiger partial charge < -0.3 is 19.9 Å². The van der Waals surface area contributed by atoms with Crippen LogP contribution in [0.25, 0.3) is 22.3 Å². The number of phosphoric acid groups is 1. The molecule has 24 nitrogen and oxygen atoms in total. The number of hydrogen-bond acceptors (Lipinski definition) is 18. The summed E-state index contributed by atoms with van der Waals surface area (Å²) in [6.07, 6.45) is -7.63. The second kappa shape index (κ2) is 18.6. The van der Waals surface area contributed by atoms with Gasteiger partial charge in [0.15, 0.2) is 52.9 Å². The number of anilines is 2. The number of nitrogens with one attached hydrogen (secondary N) is 3. The molecule has 2 saturated heterocycles. The van der Waals surface area contributed by atoms with Gasteiger partial charge in [0.25, 0.3) is 11.5 Å². The molecule has 7 rings (SSSR count). The Kier molecular flexibility index (Phi) is 13.3. The average Bonchev–Trinajstić information content (AvgIpc) is 4.02. The van der Waals surface area contributed by atoms with Gasteiger partial charge >= 0.3 is 16.1 Å². The number of aromatic nitrogens is 8. The van der Waals surface area contributed by atoms with Crippen LogP contribution in [0, 0.1) is 17.2 Å². The molecule has 0 spiro atoms. The molecule has 0 aliphatic carbocycles. The van der Waals surface area contributed by atoms with Crippen LogP contribution in [-0.4, -0.2) is 111 Å². The highest BCUT2D eigenvalue weighted by Gasteiger charge is 2.52. The molecule has 322 valence electrons. The highest BCUT2D eigenvalue weighted by molar-refractivity contribution is 7.48. The summed E-state index contributed by atoms with van der Waals surface area (Å²) >= 11 is 0. The number of ether oxygens (including phenoxy) is 2. The molecule has 9 atom stereocenters. The Hall–Kier alpha value is -5.51. The van der Waals surface area contributed by atoms with E-state index in [2.05, 4.69) is 40.5 Å². The Labute approximate surface area is 343 Å². The van der Waals surface area contributed by atoms with Gasteiger partial charge in [0.1, 0.15) is 18.5 Å². The van der Waals surface area contributed by atoms with Crippen molar-refractivity contribution in [3.8, 4) is 6.07 Å². The Morgan fingerprint density at radius 2 is 1.82 bits per heavy atom. The molecule has 4 aromatic heterocycles. The van der Waals surface area contributed by atoms with Crippen molar-refractivity contribution in [1.29, 1.82) is 5.26 Å². The molecular weight excluding hydrogens is 851 g/mol. The molecule has 2 fully saturated rings. The van der Waals surface area contributed by atoms with E-state index in [4.69, 9.17) is 32.8 Å². The van der Waals surface area contributed by atoms with Gasteiger partial charge in [0, 0.05) is 22.5 Å². The van der Waals surface area contributed by atoms with E-state index >= 15 is 4.39 Å². The lowest BCUT2D eigenvalue weighted by molar-refractivity contribution is -0.118. The van der Waals surface area contributed by atoms with Crippen molar-refractivity contribution in [3.63, 3.8) is 0 Å². The molecule has 2 amide bonds. The summed E-state index contributed by atoms with van der Waals surface area (Å²) in [6, 6.07) is 10.2. The van der Waals surface area contributed by atoms with Gasteiger partial charge in [-0.3, -0.25) is 47.4 Å². The number of phosphoric ester groups is 1. The Morgan fingerprint density at radius 3 is 2.52 bits per heavy atom. The second-order valence-electron chi connectivity index (χ2n) is 13.8. The SMILES string of the molecule is CC(C)C(=O)Nc1nc2c(ncn2[C@@H]2O[C@H](CO)[C@@H](F)[C@H]2OP(=O)(OCCC#N)OC[C@@H]2C[C@@H](O[P+](=O)O)[C@H](n3cnc4c(NC(=O)c5ccccc5)ncnc43)O2)c(=O)[nH]1. The zero-order chi connectivity index (χ0) is 43.4. The number of H-pyrrole nitrogens is 1. The van der Waals surface area contributed by atoms with Crippen molar-refractivity contribution < 1.29 is 60.7 Å². The molecule has 6 heterocycles. The van der Waals surface area contributed by atoms with E-state index in [9.17, 15) is 33.5 Å². The Bertz CT molecular complexity index is 2570. The number of carbonyl (C=O) groups is 2. The fourth-order valence-electron chi connectivity index (χ4n) is 6.41. The number of carbonyl (C=O) groups excluding carboxylic acids is 2. The van der Waals surface area contributed by atoms with Crippen molar-refractivity contribution in [2.24, 2.45) is 5.92 Å². The van der Waals surface area contributed by atoms with Crippen LogP contribution in [0.4, 0.5) is 16.2 Å². The third-order valence-electron chi connectivity index (χ3n) is 9.32. The monoisotopic (exact) mass is 888 g/mol. The summed E-state index contributed by atoms with van der Waals surface area (Å²) in [7, 11) is -8.12. The fraction of sp³-hybridized carbons (Fsp3) is 0.441. The summed E-state index contributed by atoms with van der Waals surface area (Å²) < 4.78 is 78.8. The van der Waals surface area contributed by atoms with E-state index in [0.29, 0.717) is 5.56 Å². The first-order valence-electron chi connectivity index (χ1n) is 18.4. The normalized spacial score (nSPS) is 23.9. The number of benzene rings is 1. The lowest BCUT2D eigenvalue weighted by Crippen LogP contribution is -2.32. The summed E-state index contributed by atoms with van der Waals surface area (Å²) in [4.78, 5) is 71.2. The number of rotatable bonds is 17. The largest absolute Gasteiger partial charge is 0.695 e. The predicted octanol–water partition coefficient (Wildman–Crippen LogP) is 2.80. The van der Waals surface area contributed by atoms with E-state index in [-0.39, 0.29) is 46.9 Å². The minimum absolute atomic E-state index is 0.0576. The predicted molar refractivity (Wildman–Crippen MR) is 205 cm³/mol. The molecule has 27 heteroatoms. The molecule has 5 N–H and O–H groups in total. The number of aliphatic hydroxyl groups excluding tert-OH is 1. The number of amides is 2. The van der Waals surface area contributed by atoms with Crippen LogP contribution in [0.15, 0.2) is 54.1 Å². The standard InChI is InChI=1S/C34H36FN11O13P2/c1-17(2)29(48)43-34-42-28-24(31(50)44-34)40-16-46(28)33-25(22(35)21(12-47)57-33)59-61(53,54-10-6-9-36)55-13-19-11-20(58-60(51)52)32(56-19)45-15-39-23-26(37-14-38-27(23)45)41-30(49)18-7-4-3-5-8-18/h3-5,7-8,14-17,19-22,25,32-33,47H,6,10-13H2,1-2H3,(H3-,37,38,41,42,43,44,48,49,50,51,52)/p+1/t19-,20+,21+,22+,25+,32+,33+,61?/m0/s1. The summed E-state index contributed by atoms with van der Waals surface area (Å²) in [6.45, 7) is 1.23. The minimum Gasteiger partial charge on any atom is -0.394 e. The molecule has 61 heavy (non-hydrogen) atoms. The molecule has 2 aliphatic heterocycles. The van der Waals surface area contributed by atoms with Crippen LogP contribution in [0.3, 0.4) is 0 Å². The summed E-state index contributed by atoms with van der Waals surface area (Å²) in [5.41, 5.74) is -0.572. The van der Waals surface area contributed by atoms with Gasteiger partial charge in [-0.15, -0.1) is 9.42 Å². The molecule has 0 bridgehead atoms. The second-order valence-corrected chi connectivity index (χ2v) is 16.1. The lowest BCUT2D eigenvalue weighted by Gasteiger charge is -2.26.